The molecule has 34 heavy (non-hydrogen) atoms. The molecule has 2 rings (SSSR count). The molecule has 0 aliphatic rings. The van der Waals surface area contributed by atoms with E-state index in [0.717, 1.165) is 47.6 Å². The summed E-state index contributed by atoms with van der Waals surface area (Å²) in [6.07, 6.45) is 0.677. The predicted molar refractivity (Wildman–Crippen MR) is 135 cm³/mol. The number of nitrogens with zero attached hydrogens (tertiary/aromatic N) is 4. The van der Waals surface area contributed by atoms with Crippen molar-refractivity contribution in [3.8, 4) is 0 Å². The molecule has 0 spiro atoms. The van der Waals surface area contributed by atoms with E-state index in [1.165, 1.54) is 0 Å². The van der Waals surface area contributed by atoms with Crippen molar-refractivity contribution in [1.29, 1.82) is 0 Å². The largest absolute Gasteiger partial charge is 0.464 e. The number of aliphatic imine (C=N–C) groups is 1. The molecular formula is C23H37N5O5S. The van der Waals surface area contributed by atoms with E-state index in [0.29, 0.717) is 38.6 Å². The van der Waals surface area contributed by atoms with Crippen LogP contribution in [0.1, 0.15) is 29.5 Å². The highest BCUT2D eigenvalue weighted by Gasteiger charge is 2.08. The van der Waals surface area contributed by atoms with Gasteiger partial charge in [-0.25, -0.2) is 0 Å². The topological polar surface area (TPSA) is 110 Å². The summed E-state index contributed by atoms with van der Waals surface area (Å²) in [5.74, 6) is 5.53. The van der Waals surface area contributed by atoms with Gasteiger partial charge in [-0.15, -0.1) is 0 Å². The number of rotatable bonds is 17. The zero-order valence-corrected chi connectivity index (χ0v) is 21.4. The van der Waals surface area contributed by atoms with Gasteiger partial charge >= 0.3 is 0 Å². The van der Waals surface area contributed by atoms with Gasteiger partial charge in [0.05, 0.1) is 18.8 Å². The number of nitrogens with one attached hydrogen (secondary N) is 1. The summed E-state index contributed by atoms with van der Waals surface area (Å²) in [5.41, 5.74) is 0. The standard InChI is InChI=1S/C23H37N5O5S/c1-26(2)14-19-6-8-21(32-19)17-31-12-5-10-24-23(16-28(29)30)25-11-13-34-18-22-9-7-20(33-22)15-27(3)4/h6-9H,5,10-18H2,1-4H3,(H,24,25). The van der Waals surface area contributed by atoms with Crippen molar-refractivity contribution in [3.63, 3.8) is 0 Å². The molecule has 2 aromatic heterocycles. The van der Waals surface area contributed by atoms with Crippen molar-refractivity contribution >= 4 is 17.6 Å². The smallest absolute Gasteiger partial charge is 0.259 e. The number of amidine groups is 1. The first-order valence-electron chi connectivity index (χ1n) is 11.3. The minimum Gasteiger partial charge on any atom is -0.464 e. The molecule has 2 aromatic rings. The van der Waals surface area contributed by atoms with Crippen molar-refractivity contribution in [2.45, 2.75) is 31.9 Å². The van der Waals surface area contributed by atoms with Crippen LogP contribution in [-0.4, -0.2) is 80.7 Å². The Bertz CT molecular complexity index is 881. The second-order valence-electron chi connectivity index (χ2n) is 8.42. The maximum Gasteiger partial charge on any atom is 0.259 e. The first-order valence-corrected chi connectivity index (χ1v) is 12.5. The Morgan fingerprint density at radius 3 is 2.32 bits per heavy atom. The molecule has 0 unspecified atom stereocenters. The van der Waals surface area contributed by atoms with Crippen LogP contribution in [0.3, 0.4) is 0 Å². The predicted octanol–water partition coefficient (Wildman–Crippen LogP) is 3.10. The molecule has 0 fully saturated rings. The minimum atomic E-state index is -0.368. The highest BCUT2D eigenvalue weighted by atomic mass is 32.2. The van der Waals surface area contributed by atoms with Crippen LogP contribution in [0.2, 0.25) is 0 Å². The van der Waals surface area contributed by atoms with Crippen molar-refractivity contribution in [1.82, 2.24) is 15.1 Å². The maximum absolute atomic E-state index is 10.9. The molecule has 2 heterocycles. The number of furan rings is 2. The summed E-state index contributed by atoms with van der Waals surface area (Å²) >= 11 is 1.71. The zero-order valence-electron chi connectivity index (χ0n) is 20.6. The average Bonchev–Trinajstić information content (AvgIpc) is 3.38. The summed E-state index contributed by atoms with van der Waals surface area (Å²) in [6.45, 7) is 3.20. The second kappa shape index (κ2) is 15.5. The second-order valence-corrected chi connectivity index (χ2v) is 9.52. The van der Waals surface area contributed by atoms with Gasteiger partial charge in [-0.3, -0.25) is 15.1 Å². The Labute approximate surface area is 205 Å². The third-order valence-corrected chi connectivity index (χ3v) is 5.45. The van der Waals surface area contributed by atoms with E-state index < -0.39 is 0 Å². The summed E-state index contributed by atoms with van der Waals surface area (Å²) in [5, 5.41) is 14.0. The van der Waals surface area contributed by atoms with Crippen LogP contribution in [0.15, 0.2) is 38.1 Å². The van der Waals surface area contributed by atoms with E-state index >= 15 is 0 Å². The lowest BCUT2D eigenvalue weighted by atomic mass is 10.4. The minimum absolute atomic E-state index is 0.307. The van der Waals surface area contributed by atoms with Gasteiger partial charge in [0.1, 0.15) is 29.6 Å². The van der Waals surface area contributed by atoms with Crippen LogP contribution in [-0.2, 0) is 30.2 Å². The summed E-state index contributed by atoms with van der Waals surface area (Å²) in [4.78, 5) is 19.0. The first-order chi connectivity index (χ1) is 16.3. The van der Waals surface area contributed by atoms with Gasteiger partial charge in [-0.05, 0) is 58.9 Å². The van der Waals surface area contributed by atoms with E-state index in [9.17, 15) is 10.1 Å². The van der Waals surface area contributed by atoms with Gasteiger partial charge in [-0.1, -0.05) is 0 Å². The quantitative estimate of drug-likeness (QED) is 0.116. The van der Waals surface area contributed by atoms with Crippen LogP contribution in [0, 0.1) is 10.1 Å². The lowest BCUT2D eigenvalue weighted by molar-refractivity contribution is -0.463. The lowest BCUT2D eigenvalue weighted by Crippen LogP contribution is -2.32. The molecule has 0 amide bonds. The summed E-state index contributed by atoms with van der Waals surface area (Å²) < 4.78 is 17.1. The van der Waals surface area contributed by atoms with Gasteiger partial charge in [-0.2, -0.15) is 11.8 Å². The molecule has 0 aliphatic carbocycles. The summed E-state index contributed by atoms with van der Waals surface area (Å²) in [7, 11) is 7.98. The number of hydrogen-bond acceptors (Lipinski definition) is 9. The van der Waals surface area contributed by atoms with Gasteiger partial charge in [0.15, 0.2) is 5.84 Å². The highest BCUT2D eigenvalue weighted by Crippen LogP contribution is 2.16. The van der Waals surface area contributed by atoms with Crippen molar-refractivity contribution in [2.75, 3.05) is 60.2 Å². The number of ether oxygens (including phenoxy) is 1. The normalized spacial score (nSPS) is 12.1. The van der Waals surface area contributed by atoms with E-state index in [-0.39, 0.29) is 11.5 Å². The molecule has 0 bridgehead atoms. The fourth-order valence-corrected chi connectivity index (χ4v) is 3.82. The fourth-order valence-electron chi connectivity index (χ4n) is 3.07. The van der Waals surface area contributed by atoms with Crippen LogP contribution in [0.25, 0.3) is 0 Å². The van der Waals surface area contributed by atoms with Crippen molar-refractivity contribution in [3.05, 3.63) is 57.4 Å². The van der Waals surface area contributed by atoms with Gasteiger partial charge in [0.25, 0.3) is 6.54 Å². The molecule has 0 saturated carbocycles. The van der Waals surface area contributed by atoms with Crippen molar-refractivity contribution in [2.24, 2.45) is 4.99 Å². The van der Waals surface area contributed by atoms with Gasteiger partial charge in [0, 0.05) is 30.4 Å². The third kappa shape index (κ3) is 12.2. The molecule has 0 atom stereocenters. The van der Waals surface area contributed by atoms with Crippen molar-refractivity contribution < 1.29 is 18.5 Å². The van der Waals surface area contributed by atoms with Crippen LogP contribution in [0.5, 0.6) is 0 Å². The van der Waals surface area contributed by atoms with E-state index in [4.69, 9.17) is 13.6 Å². The Morgan fingerprint density at radius 2 is 1.68 bits per heavy atom. The molecule has 0 aromatic carbocycles. The summed E-state index contributed by atoms with van der Waals surface area (Å²) in [6, 6.07) is 7.86. The van der Waals surface area contributed by atoms with Crippen LogP contribution in [0.4, 0.5) is 0 Å². The number of hydrogen-bond donors (Lipinski definition) is 1. The Kier molecular flexibility index (Phi) is 12.8. The third-order valence-electron chi connectivity index (χ3n) is 4.47. The lowest BCUT2D eigenvalue weighted by Gasteiger charge is -2.07. The molecule has 0 saturated heterocycles. The molecular weight excluding hydrogens is 458 g/mol. The molecule has 11 heteroatoms. The Balaban J connectivity index is 1.61. The average molecular weight is 496 g/mol. The van der Waals surface area contributed by atoms with E-state index in [2.05, 4.69) is 15.2 Å². The molecule has 1 N–H and O–H groups in total. The fraction of sp³-hybridized carbons (Fsp3) is 0.609. The molecule has 190 valence electrons. The van der Waals surface area contributed by atoms with Gasteiger partial charge < -0.3 is 28.7 Å². The zero-order chi connectivity index (χ0) is 24.8. The van der Waals surface area contributed by atoms with Gasteiger partial charge in [0.2, 0.25) is 0 Å². The van der Waals surface area contributed by atoms with E-state index in [1.54, 1.807) is 11.8 Å². The molecule has 0 radical (unpaired) electrons. The first kappa shape index (κ1) is 27.9. The SMILES string of the molecule is CN(C)Cc1ccc(COCCCN=C(C[N+](=O)[O-])NCCSCc2ccc(CN(C)C)o2)o1. The monoisotopic (exact) mass is 495 g/mol. The Hall–Kier alpha value is -2.34. The highest BCUT2D eigenvalue weighted by molar-refractivity contribution is 7.98. The molecule has 10 nitrogen and oxygen atoms in total. The Morgan fingerprint density at radius 1 is 1.06 bits per heavy atom. The number of thioether (sulfide) groups is 1. The maximum atomic E-state index is 10.9. The van der Waals surface area contributed by atoms with Crippen LogP contribution < -0.4 is 5.32 Å². The molecule has 0 aliphatic heterocycles. The van der Waals surface area contributed by atoms with Crippen LogP contribution >= 0.6 is 11.8 Å². The number of nitro groups is 1. The van der Waals surface area contributed by atoms with E-state index in [1.807, 2.05) is 57.4 Å².